The van der Waals surface area contributed by atoms with Gasteiger partial charge in [-0.2, -0.15) is 0 Å². The van der Waals surface area contributed by atoms with Gasteiger partial charge in [0.2, 0.25) is 5.91 Å². The number of piperidine rings is 1. The van der Waals surface area contributed by atoms with E-state index in [1.165, 1.54) is 0 Å². The Hall–Kier alpha value is -3.35. The lowest BCUT2D eigenvalue weighted by Crippen LogP contribution is -2.37. The molecule has 2 aromatic rings. The number of hydrogen-bond acceptors (Lipinski definition) is 4. The number of nitrogens with zero attached hydrogens (tertiary/aromatic N) is 2. The molecule has 0 radical (unpaired) electrons. The number of amides is 3. The molecule has 1 fully saturated rings. The van der Waals surface area contributed by atoms with Crippen LogP contribution in [0, 0.1) is 5.92 Å². The maximum Gasteiger partial charge on any atom is 0.253 e. The molecule has 2 N–H and O–H groups in total. The molecular formula is C28H38N4O3. The molecule has 0 unspecified atom stereocenters. The van der Waals surface area contributed by atoms with E-state index in [4.69, 9.17) is 0 Å². The molecule has 7 nitrogen and oxygen atoms in total. The molecule has 2 aromatic carbocycles. The molecule has 0 spiro atoms. The molecule has 0 aliphatic carbocycles. The fourth-order valence-electron chi connectivity index (χ4n) is 4.25. The van der Waals surface area contributed by atoms with Crippen LogP contribution in [0.25, 0.3) is 0 Å². The summed E-state index contributed by atoms with van der Waals surface area (Å²) >= 11 is 0. The Bertz CT molecular complexity index is 974. The molecule has 0 aromatic heterocycles. The highest BCUT2D eigenvalue weighted by Gasteiger charge is 2.21. The van der Waals surface area contributed by atoms with Crippen molar-refractivity contribution in [2.75, 3.05) is 43.4 Å². The summed E-state index contributed by atoms with van der Waals surface area (Å²) in [4.78, 5) is 41.5. The fourth-order valence-corrected chi connectivity index (χ4v) is 4.25. The van der Waals surface area contributed by atoms with Crippen LogP contribution in [0.5, 0.6) is 0 Å². The van der Waals surface area contributed by atoms with Gasteiger partial charge < -0.3 is 20.4 Å². The van der Waals surface area contributed by atoms with Gasteiger partial charge in [-0.15, -0.1) is 0 Å². The molecule has 3 amide bonds. The van der Waals surface area contributed by atoms with E-state index in [0.717, 1.165) is 57.5 Å². The van der Waals surface area contributed by atoms with Crippen LogP contribution in [-0.2, 0) is 4.79 Å². The maximum absolute atomic E-state index is 12.7. The topological polar surface area (TPSA) is 81.8 Å². The van der Waals surface area contributed by atoms with Gasteiger partial charge >= 0.3 is 0 Å². The average Bonchev–Trinajstić information content (AvgIpc) is 2.88. The number of benzene rings is 2. The monoisotopic (exact) mass is 478 g/mol. The molecule has 1 saturated heterocycles. The van der Waals surface area contributed by atoms with Gasteiger partial charge in [-0.3, -0.25) is 14.4 Å². The van der Waals surface area contributed by atoms with Crippen molar-refractivity contribution in [2.24, 2.45) is 5.92 Å². The van der Waals surface area contributed by atoms with Crippen LogP contribution in [0.3, 0.4) is 0 Å². The van der Waals surface area contributed by atoms with Crippen molar-refractivity contribution in [1.29, 1.82) is 0 Å². The maximum atomic E-state index is 12.7. The van der Waals surface area contributed by atoms with Crippen molar-refractivity contribution < 1.29 is 14.4 Å². The van der Waals surface area contributed by atoms with E-state index in [1.54, 1.807) is 36.4 Å². The van der Waals surface area contributed by atoms with E-state index >= 15 is 0 Å². The Labute approximate surface area is 208 Å². The summed E-state index contributed by atoms with van der Waals surface area (Å²) in [7, 11) is 0. The number of hydrogen-bond donors (Lipinski definition) is 2. The molecule has 1 aliphatic rings. The second-order valence-electron chi connectivity index (χ2n) is 9.32. The van der Waals surface area contributed by atoms with Crippen LogP contribution in [0.1, 0.15) is 67.2 Å². The molecule has 0 atom stereocenters. The van der Waals surface area contributed by atoms with Crippen molar-refractivity contribution >= 4 is 29.1 Å². The van der Waals surface area contributed by atoms with Crippen LogP contribution in [0.4, 0.5) is 11.4 Å². The zero-order valence-electron chi connectivity index (χ0n) is 21.2. The Morgan fingerprint density at radius 2 is 1.40 bits per heavy atom. The van der Waals surface area contributed by atoms with Gasteiger partial charge in [0.15, 0.2) is 0 Å². The summed E-state index contributed by atoms with van der Waals surface area (Å²) in [6, 6.07) is 14.3. The predicted molar refractivity (Wildman–Crippen MR) is 141 cm³/mol. The van der Waals surface area contributed by atoms with Crippen LogP contribution < -0.4 is 10.6 Å². The van der Waals surface area contributed by atoms with Crippen LogP contribution in [0.2, 0.25) is 0 Å². The lowest BCUT2D eigenvalue weighted by Gasteiger charge is -2.30. The van der Waals surface area contributed by atoms with Crippen molar-refractivity contribution in [3.63, 3.8) is 0 Å². The summed E-state index contributed by atoms with van der Waals surface area (Å²) in [6.45, 7) is 9.55. The van der Waals surface area contributed by atoms with E-state index in [1.807, 2.05) is 21.9 Å². The highest BCUT2D eigenvalue weighted by atomic mass is 16.2. The molecule has 1 heterocycles. The van der Waals surface area contributed by atoms with Crippen LogP contribution >= 0.6 is 0 Å². The lowest BCUT2D eigenvalue weighted by atomic mass is 9.98. The number of carbonyl (C=O) groups excluding carboxylic acids is 3. The molecular weight excluding hydrogens is 440 g/mol. The highest BCUT2D eigenvalue weighted by molar-refractivity contribution is 5.97. The standard InChI is InChI=1S/C28H38N4O3/c1-4-16-31(17-5-2)27(34)23-8-12-25(13-9-23)30-26(33)20-29-24-10-6-22(7-11-24)28(35)32-18-14-21(3)15-19-32/h6-13,21,29H,4-5,14-20H2,1-3H3,(H,30,33). The average molecular weight is 479 g/mol. The van der Waals surface area contributed by atoms with Gasteiger partial charge in [0.1, 0.15) is 0 Å². The number of carbonyl (C=O) groups is 3. The Kier molecular flexibility index (Phi) is 9.70. The summed E-state index contributed by atoms with van der Waals surface area (Å²) in [6.07, 6.45) is 3.94. The van der Waals surface area contributed by atoms with Crippen LogP contribution in [-0.4, -0.2) is 60.2 Å². The molecule has 7 heteroatoms. The van der Waals surface area contributed by atoms with E-state index in [9.17, 15) is 14.4 Å². The third-order valence-electron chi connectivity index (χ3n) is 6.35. The number of likely N-dealkylation sites (tertiary alicyclic amines) is 1. The molecule has 1 aliphatic heterocycles. The van der Waals surface area contributed by atoms with Gasteiger partial charge in [0, 0.05) is 48.7 Å². The fraction of sp³-hybridized carbons (Fsp3) is 0.464. The Balaban J connectivity index is 1.47. The van der Waals surface area contributed by atoms with Crippen LogP contribution in [0.15, 0.2) is 48.5 Å². The molecule has 0 saturated carbocycles. The van der Waals surface area contributed by atoms with Crippen molar-refractivity contribution in [3.8, 4) is 0 Å². The van der Waals surface area contributed by atoms with Crippen molar-refractivity contribution in [2.45, 2.75) is 46.5 Å². The lowest BCUT2D eigenvalue weighted by molar-refractivity contribution is -0.114. The number of rotatable bonds is 10. The smallest absolute Gasteiger partial charge is 0.253 e. The van der Waals surface area contributed by atoms with Gasteiger partial charge in [-0.05, 0) is 80.1 Å². The summed E-state index contributed by atoms with van der Waals surface area (Å²) < 4.78 is 0. The minimum Gasteiger partial charge on any atom is -0.376 e. The van der Waals surface area contributed by atoms with Gasteiger partial charge in [0.05, 0.1) is 6.54 Å². The summed E-state index contributed by atoms with van der Waals surface area (Å²) in [5.41, 5.74) is 2.71. The van der Waals surface area contributed by atoms with Crippen molar-refractivity contribution in [3.05, 3.63) is 59.7 Å². The first-order valence-electron chi connectivity index (χ1n) is 12.7. The predicted octanol–water partition coefficient (Wildman–Crippen LogP) is 4.87. The second-order valence-corrected chi connectivity index (χ2v) is 9.32. The zero-order chi connectivity index (χ0) is 25.2. The Morgan fingerprint density at radius 3 is 1.97 bits per heavy atom. The highest BCUT2D eigenvalue weighted by Crippen LogP contribution is 2.19. The first-order chi connectivity index (χ1) is 16.9. The van der Waals surface area contributed by atoms with E-state index in [0.29, 0.717) is 22.7 Å². The van der Waals surface area contributed by atoms with Gasteiger partial charge in [-0.1, -0.05) is 20.8 Å². The van der Waals surface area contributed by atoms with Gasteiger partial charge in [0.25, 0.3) is 11.8 Å². The minimum atomic E-state index is -0.190. The largest absolute Gasteiger partial charge is 0.376 e. The van der Waals surface area contributed by atoms with E-state index in [-0.39, 0.29) is 24.3 Å². The molecule has 188 valence electrons. The second kappa shape index (κ2) is 12.9. The van der Waals surface area contributed by atoms with Gasteiger partial charge in [-0.25, -0.2) is 0 Å². The summed E-state index contributed by atoms with van der Waals surface area (Å²) in [5.74, 6) is 0.574. The van der Waals surface area contributed by atoms with E-state index < -0.39 is 0 Å². The molecule has 0 bridgehead atoms. The SMILES string of the molecule is CCCN(CCC)C(=O)c1ccc(NC(=O)CNc2ccc(C(=O)N3CCC(C)CC3)cc2)cc1. The third kappa shape index (κ3) is 7.57. The third-order valence-corrected chi connectivity index (χ3v) is 6.35. The van der Waals surface area contributed by atoms with Crippen molar-refractivity contribution in [1.82, 2.24) is 9.80 Å². The first-order valence-corrected chi connectivity index (χ1v) is 12.7. The first kappa shape index (κ1) is 26.3. The molecule has 35 heavy (non-hydrogen) atoms. The minimum absolute atomic E-state index is 0.0185. The quantitative estimate of drug-likeness (QED) is 0.510. The molecule has 3 rings (SSSR count). The van der Waals surface area contributed by atoms with E-state index in [2.05, 4.69) is 31.4 Å². The summed E-state index contributed by atoms with van der Waals surface area (Å²) in [5, 5.41) is 5.94. The number of anilines is 2. The zero-order valence-corrected chi connectivity index (χ0v) is 21.2. The normalized spacial score (nSPS) is 13.9. The Morgan fingerprint density at radius 1 is 0.857 bits per heavy atom. The number of nitrogens with one attached hydrogen (secondary N) is 2.